The molecule has 0 aliphatic heterocycles. The zero-order valence-electron chi connectivity index (χ0n) is 22.6. The van der Waals surface area contributed by atoms with Crippen LogP contribution in [0.4, 0.5) is 0 Å². The zero-order chi connectivity index (χ0) is 26.8. The molecule has 0 aliphatic rings. The number of rotatable bonds is 13. The van der Waals surface area contributed by atoms with E-state index in [2.05, 4.69) is 21.3 Å². The number of hydrogen-bond acceptors (Lipinski definition) is 5. The average Bonchev–Trinajstić information content (AvgIpc) is 2.70. The van der Waals surface area contributed by atoms with Crippen molar-refractivity contribution >= 4 is 29.4 Å². The standard InChI is InChI=1S/C25H46N4O5/c1-11-20(30)18(12-14(2)3)28-21(31)16(6)26-23(33)19(13-15(4)5)29-22(32)17(7)27-24(34)25(8,9)10/h14-19H,11-13H2,1-10H3,(H,26,33)(H,27,34)(H,28,31)(H,29,32)/t16-,17-,18-,19-/m1/s1. The molecule has 0 saturated carbocycles. The summed E-state index contributed by atoms with van der Waals surface area (Å²) in [4.78, 5) is 62.6. The minimum Gasteiger partial charge on any atom is -0.345 e. The molecule has 0 aromatic heterocycles. The van der Waals surface area contributed by atoms with E-state index in [0.29, 0.717) is 19.3 Å². The highest BCUT2D eigenvalue weighted by molar-refractivity contribution is 5.95. The van der Waals surface area contributed by atoms with Crippen LogP contribution in [0.15, 0.2) is 0 Å². The number of ketones is 1. The van der Waals surface area contributed by atoms with Gasteiger partial charge in [0.2, 0.25) is 23.6 Å². The van der Waals surface area contributed by atoms with Crippen molar-refractivity contribution in [2.75, 3.05) is 0 Å². The van der Waals surface area contributed by atoms with Crippen LogP contribution in [-0.2, 0) is 24.0 Å². The quantitative estimate of drug-likeness (QED) is 0.319. The maximum absolute atomic E-state index is 12.9. The molecule has 0 aromatic carbocycles. The molecular formula is C25H46N4O5. The van der Waals surface area contributed by atoms with Crippen LogP contribution < -0.4 is 21.3 Å². The van der Waals surface area contributed by atoms with Crippen molar-refractivity contribution in [3.05, 3.63) is 0 Å². The van der Waals surface area contributed by atoms with Crippen LogP contribution in [-0.4, -0.2) is 53.6 Å². The number of carbonyl (C=O) groups is 5. The van der Waals surface area contributed by atoms with E-state index in [4.69, 9.17) is 0 Å². The van der Waals surface area contributed by atoms with Crippen LogP contribution in [0.5, 0.6) is 0 Å². The lowest BCUT2D eigenvalue weighted by Crippen LogP contribution is -2.57. The fourth-order valence-corrected chi connectivity index (χ4v) is 3.14. The Morgan fingerprint density at radius 2 is 1.03 bits per heavy atom. The Balaban J connectivity index is 5.23. The second-order valence-electron chi connectivity index (χ2n) is 10.9. The number of hydrogen-bond donors (Lipinski definition) is 4. The van der Waals surface area contributed by atoms with Crippen molar-refractivity contribution < 1.29 is 24.0 Å². The summed E-state index contributed by atoms with van der Waals surface area (Å²) in [6, 6.07) is -3.20. The lowest BCUT2D eigenvalue weighted by atomic mass is 9.95. The number of Topliss-reactive ketones (excluding diaryl/α,β-unsaturated/α-hetero) is 1. The van der Waals surface area contributed by atoms with Gasteiger partial charge in [-0.05, 0) is 38.5 Å². The highest BCUT2D eigenvalue weighted by Gasteiger charge is 2.30. The summed E-state index contributed by atoms with van der Waals surface area (Å²) in [7, 11) is 0. The van der Waals surface area contributed by atoms with Gasteiger partial charge in [-0.2, -0.15) is 0 Å². The first kappa shape index (κ1) is 31.6. The van der Waals surface area contributed by atoms with E-state index in [9.17, 15) is 24.0 Å². The molecule has 0 fully saturated rings. The highest BCUT2D eigenvalue weighted by Crippen LogP contribution is 2.13. The second kappa shape index (κ2) is 14.1. The molecule has 0 aliphatic carbocycles. The minimum absolute atomic E-state index is 0.0585. The number of amides is 4. The molecule has 4 N–H and O–H groups in total. The lowest BCUT2D eigenvalue weighted by Gasteiger charge is -2.26. The molecule has 0 rings (SSSR count). The van der Waals surface area contributed by atoms with Gasteiger partial charge in [-0.3, -0.25) is 24.0 Å². The van der Waals surface area contributed by atoms with Crippen LogP contribution in [0, 0.1) is 17.3 Å². The first-order chi connectivity index (χ1) is 15.5. The topological polar surface area (TPSA) is 133 Å². The molecule has 9 nitrogen and oxygen atoms in total. The second-order valence-corrected chi connectivity index (χ2v) is 10.9. The molecule has 0 spiro atoms. The predicted molar refractivity (Wildman–Crippen MR) is 133 cm³/mol. The Hall–Kier alpha value is -2.45. The Kier molecular flexibility index (Phi) is 13.1. The van der Waals surface area contributed by atoms with Crippen molar-refractivity contribution in [2.45, 2.75) is 113 Å². The van der Waals surface area contributed by atoms with Gasteiger partial charge < -0.3 is 21.3 Å². The van der Waals surface area contributed by atoms with Crippen molar-refractivity contribution in [1.82, 2.24) is 21.3 Å². The van der Waals surface area contributed by atoms with E-state index in [1.165, 1.54) is 6.92 Å². The molecule has 34 heavy (non-hydrogen) atoms. The Morgan fingerprint density at radius 1 is 0.618 bits per heavy atom. The van der Waals surface area contributed by atoms with Gasteiger partial charge in [0.05, 0.1) is 6.04 Å². The van der Waals surface area contributed by atoms with E-state index >= 15 is 0 Å². The Bertz CT molecular complexity index is 727. The summed E-state index contributed by atoms with van der Waals surface area (Å²) in [5, 5.41) is 10.7. The summed E-state index contributed by atoms with van der Waals surface area (Å²) in [5.74, 6) is -1.46. The predicted octanol–water partition coefficient (Wildman–Crippen LogP) is 2.08. The fraction of sp³-hybridized carbons (Fsp3) is 0.800. The van der Waals surface area contributed by atoms with Crippen LogP contribution in [0.3, 0.4) is 0 Å². The van der Waals surface area contributed by atoms with E-state index in [1.807, 2.05) is 27.7 Å². The summed E-state index contributed by atoms with van der Waals surface area (Å²) < 4.78 is 0. The number of carbonyl (C=O) groups excluding carboxylic acids is 5. The Labute approximate surface area is 205 Å². The summed E-state index contributed by atoms with van der Waals surface area (Å²) in [6.45, 7) is 17.8. The molecule has 196 valence electrons. The first-order valence-electron chi connectivity index (χ1n) is 12.2. The van der Waals surface area contributed by atoms with Gasteiger partial charge in [0.25, 0.3) is 0 Å². The third kappa shape index (κ3) is 11.6. The van der Waals surface area contributed by atoms with E-state index in [0.717, 1.165) is 0 Å². The molecule has 0 unspecified atom stereocenters. The van der Waals surface area contributed by atoms with Gasteiger partial charge in [-0.1, -0.05) is 55.4 Å². The lowest BCUT2D eigenvalue weighted by molar-refractivity contribution is -0.135. The minimum atomic E-state index is -0.892. The van der Waals surface area contributed by atoms with Crippen LogP contribution in [0.2, 0.25) is 0 Å². The van der Waals surface area contributed by atoms with E-state index < -0.39 is 47.3 Å². The van der Waals surface area contributed by atoms with Gasteiger partial charge in [-0.25, -0.2) is 0 Å². The molecule has 0 heterocycles. The highest BCUT2D eigenvalue weighted by atomic mass is 16.2. The SMILES string of the molecule is CCC(=O)[C@@H](CC(C)C)NC(=O)[C@@H](C)NC(=O)[C@@H](CC(C)C)NC(=O)[C@@H](C)NC(=O)C(C)(C)C. The molecular weight excluding hydrogens is 436 g/mol. The molecule has 4 atom stereocenters. The van der Waals surface area contributed by atoms with Gasteiger partial charge in [0.15, 0.2) is 5.78 Å². The maximum Gasteiger partial charge on any atom is 0.243 e. The molecule has 0 bridgehead atoms. The van der Waals surface area contributed by atoms with Crippen LogP contribution >= 0.6 is 0 Å². The first-order valence-corrected chi connectivity index (χ1v) is 12.2. The van der Waals surface area contributed by atoms with Crippen molar-refractivity contribution in [1.29, 1.82) is 0 Å². The van der Waals surface area contributed by atoms with Gasteiger partial charge in [-0.15, -0.1) is 0 Å². The molecule has 0 saturated heterocycles. The average molecular weight is 483 g/mol. The summed E-state index contributed by atoms with van der Waals surface area (Å²) in [6.07, 6.45) is 1.18. The molecule has 0 aromatic rings. The third-order valence-electron chi connectivity index (χ3n) is 5.27. The summed E-state index contributed by atoms with van der Waals surface area (Å²) >= 11 is 0. The molecule has 0 radical (unpaired) electrons. The van der Waals surface area contributed by atoms with Crippen molar-refractivity contribution in [2.24, 2.45) is 17.3 Å². The third-order valence-corrected chi connectivity index (χ3v) is 5.27. The molecule has 4 amide bonds. The van der Waals surface area contributed by atoms with Gasteiger partial charge in [0, 0.05) is 11.8 Å². The normalized spacial score (nSPS) is 15.2. The van der Waals surface area contributed by atoms with Crippen LogP contribution in [0.25, 0.3) is 0 Å². The fourth-order valence-electron chi connectivity index (χ4n) is 3.14. The maximum atomic E-state index is 12.9. The van der Waals surface area contributed by atoms with Crippen molar-refractivity contribution in [3.8, 4) is 0 Å². The van der Waals surface area contributed by atoms with E-state index in [-0.39, 0.29) is 23.5 Å². The largest absolute Gasteiger partial charge is 0.345 e. The number of nitrogens with one attached hydrogen (secondary N) is 4. The zero-order valence-corrected chi connectivity index (χ0v) is 22.6. The van der Waals surface area contributed by atoms with Gasteiger partial charge in [0.1, 0.15) is 18.1 Å². The van der Waals surface area contributed by atoms with E-state index in [1.54, 1.807) is 34.6 Å². The Morgan fingerprint density at radius 3 is 1.44 bits per heavy atom. The van der Waals surface area contributed by atoms with Gasteiger partial charge >= 0.3 is 0 Å². The van der Waals surface area contributed by atoms with Crippen LogP contribution in [0.1, 0.15) is 88.5 Å². The monoisotopic (exact) mass is 482 g/mol. The van der Waals surface area contributed by atoms with Crippen molar-refractivity contribution in [3.63, 3.8) is 0 Å². The molecule has 9 heteroatoms. The summed E-state index contributed by atoms with van der Waals surface area (Å²) in [5.41, 5.74) is -0.654. The smallest absolute Gasteiger partial charge is 0.243 e.